The Morgan fingerprint density at radius 3 is 2.70 bits per heavy atom. The van der Waals surface area contributed by atoms with Gasteiger partial charge < -0.3 is 0 Å². The summed E-state index contributed by atoms with van der Waals surface area (Å²) in [6.45, 7) is 2.10. The number of carbonyl (C=O) groups excluding carboxylic acids is 1. The molecule has 0 aromatic carbocycles. The van der Waals surface area contributed by atoms with E-state index in [1.54, 1.807) is 6.08 Å². The maximum Gasteiger partial charge on any atom is 0.245 e. The summed E-state index contributed by atoms with van der Waals surface area (Å²) in [5, 5.41) is -0.429. The molecular formula is C8H11ClO. The molecule has 0 radical (unpaired) electrons. The van der Waals surface area contributed by atoms with E-state index < -0.39 is 5.24 Å². The largest absolute Gasteiger partial charge is 0.276 e. The van der Waals surface area contributed by atoms with Gasteiger partial charge in [0, 0.05) is 0 Å². The van der Waals surface area contributed by atoms with Crippen LogP contribution in [0.25, 0.3) is 0 Å². The Balaban J connectivity index is 3.42. The molecule has 1 nitrogen and oxygen atoms in total. The zero-order valence-corrected chi connectivity index (χ0v) is 6.77. The van der Waals surface area contributed by atoms with Gasteiger partial charge in [0.1, 0.15) is 0 Å². The molecule has 0 saturated carbocycles. The first kappa shape index (κ1) is 9.44. The van der Waals surface area contributed by atoms with Gasteiger partial charge in [-0.3, -0.25) is 4.79 Å². The quantitative estimate of drug-likeness (QED) is 0.349. The number of halogens is 1. The fraction of sp³-hybridized carbons (Fsp3) is 0.375. The van der Waals surface area contributed by atoms with Crippen LogP contribution in [0.3, 0.4) is 0 Å². The fourth-order valence-corrected chi connectivity index (χ4v) is 0.545. The van der Waals surface area contributed by atoms with Crippen molar-refractivity contribution in [1.29, 1.82) is 0 Å². The van der Waals surface area contributed by atoms with Crippen LogP contribution in [-0.2, 0) is 4.79 Å². The molecule has 0 spiro atoms. The highest BCUT2D eigenvalue weighted by Crippen LogP contribution is 1.89. The van der Waals surface area contributed by atoms with Crippen molar-refractivity contribution in [2.24, 2.45) is 0 Å². The summed E-state index contributed by atoms with van der Waals surface area (Å²) in [7, 11) is 0. The highest BCUT2D eigenvalue weighted by molar-refractivity contribution is 6.66. The molecule has 0 saturated heterocycles. The molecule has 56 valence electrons. The summed E-state index contributed by atoms with van der Waals surface area (Å²) >= 11 is 5.03. The van der Waals surface area contributed by atoms with E-state index in [1.807, 2.05) is 12.2 Å². The van der Waals surface area contributed by atoms with Gasteiger partial charge in [0.25, 0.3) is 0 Å². The Morgan fingerprint density at radius 1 is 1.50 bits per heavy atom. The van der Waals surface area contributed by atoms with Crippen LogP contribution in [0.5, 0.6) is 0 Å². The molecule has 0 amide bonds. The highest BCUT2D eigenvalue weighted by Gasteiger charge is 1.79. The topological polar surface area (TPSA) is 17.1 Å². The first-order chi connectivity index (χ1) is 4.77. The number of carbonyl (C=O) groups is 1. The van der Waals surface area contributed by atoms with Gasteiger partial charge in [0.15, 0.2) is 0 Å². The molecule has 0 aliphatic rings. The van der Waals surface area contributed by atoms with E-state index in [4.69, 9.17) is 11.6 Å². The molecular weight excluding hydrogens is 148 g/mol. The molecule has 0 aliphatic carbocycles. The van der Waals surface area contributed by atoms with E-state index in [2.05, 4.69) is 6.92 Å². The normalized spacial score (nSPS) is 11.4. The number of rotatable bonds is 4. The van der Waals surface area contributed by atoms with Crippen molar-refractivity contribution in [3.8, 4) is 0 Å². The van der Waals surface area contributed by atoms with Crippen molar-refractivity contribution in [2.45, 2.75) is 19.8 Å². The predicted octanol–water partition coefficient (Wildman–Crippen LogP) is 2.66. The third kappa shape index (κ3) is 7.44. The summed E-state index contributed by atoms with van der Waals surface area (Å²) in [6.07, 6.45) is 8.96. The van der Waals surface area contributed by atoms with Gasteiger partial charge in [0.05, 0.1) is 0 Å². The lowest BCUT2D eigenvalue weighted by atomic mass is 10.3. The van der Waals surface area contributed by atoms with E-state index in [-0.39, 0.29) is 0 Å². The summed E-state index contributed by atoms with van der Waals surface area (Å²) in [5.74, 6) is 0. The van der Waals surface area contributed by atoms with Gasteiger partial charge in [-0.2, -0.15) is 0 Å². The molecule has 0 fully saturated rings. The smallest absolute Gasteiger partial charge is 0.245 e. The molecule has 0 bridgehead atoms. The number of hydrogen-bond donors (Lipinski definition) is 0. The molecule has 0 aromatic heterocycles. The van der Waals surface area contributed by atoms with Gasteiger partial charge in [0.2, 0.25) is 5.24 Å². The number of unbranched alkanes of at least 4 members (excludes halogenated alkanes) is 1. The maximum absolute atomic E-state index is 10.1. The van der Waals surface area contributed by atoms with Crippen LogP contribution in [0.4, 0.5) is 0 Å². The van der Waals surface area contributed by atoms with Crippen molar-refractivity contribution in [3.63, 3.8) is 0 Å². The molecule has 0 rings (SSSR count). The molecule has 0 unspecified atom stereocenters. The zero-order valence-electron chi connectivity index (χ0n) is 6.01. The summed E-state index contributed by atoms with van der Waals surface area (Å²) in [4.78, 5) is 10.1. The average molecular weight is 159 g/mol. The Bertz CT molecular complexity index is 147. The lowest BCUT2D eigenvalue weighted by Crippen LogP contribution is -1.71. The van der Waals surface area contributed by atoms with Crippen molar-refractivity contribution in [2.75, 3.05) is 0 Å². The molecule has 0 aromatic rings. The SMILES string of the molecule is CCC/C=C/C=C/C(=O)Cl. The second kappa shape index (κ2) is 6.56. The summed E-state index contributed by atoms with van der Waals surface area (Å²) in [5.41, 5.74) is 0. The second-order valence-electron chi connectivity index (χ2n) is 1.88. The maximum atomic E-state index is 10.1. The number of hydrogen-bond acceptors (Lipinski definition) is 1. The Morgan fingerprint density at radius 2 is 2.20 bits per heavy atom. The van der Waals surface area contributed by atoms with Gasteiger partial charge in [-0.05, 0) is 24.1 Å². The summed E-state index contributed by atoms with van der Waals surface area (Å²) < 4.78 is 0. The molecule has 0 N–H and O–H groups in total. The van der Waals surface area contributed by atoms with Gasteiger partial charge in [-0.25, -0.2) is 0 Å². The number of allylic oxidation sites excluding steroid dienone is 4. The fourth-order valence-electron chi connectivity index (χ4n) is 0.473. The second-order valence-corrected chi connectivity index (χ2v) is 2.25. The van der Waals surface area contributed by atoms with E-state index in [9.17, 15) is 4.79 Å². The van der Waals surface area contributed by atoms with Crippen molar-refractivity contribution >= 4 is 16.8 Å². The van der Waals surface area contributed by atoms with Crippen LogP contribution in [0.15, 0.2) is 24.3 Å². The van der Waals surface area contributed by atoms with E-state index in [1.165, 1.54) is 6.08 Å². The van der Waals surface area contributed by atoms with Crippen LogP contribution in [0.1, 0.15) is 19.8 Å². The van der Waals surface area contributed by atoms with E-state index in [0.717, 1.165) is 12.8 Å². The first-order valence-electron chi connectivity index (χ1n) is 3.30. The zero-order chi connectivity index (χ0) is 7.82. The third-order valence-corrected chi connectivity index (χ3v) is 1.06. The Labute approximate surface area is 66.4 Å². The average Bonchev–Trinajstić information content (AvgIpc) is 1.87. The van der Waals surface area contributed by atoms with Gasteiger partial charge in [-0.15, -0.1) is 0 Å². The minimum absolute atomic E-state index is 0.429. The predicted molar refractivity (Wildman–Crippen MR) is 44.0 cm³/mol. The highest BCUT2D eigenvalue weighted by atomic mass is 35.5. The lowest BCUT2D eigenvalue weighted by Gasteiger charge is -1.79. The molecule has 0 atom stereocenters. The molecule has 0 heterocycles. The lowest BCUT2D eigenvalue weighted by molar-refractivity contribution is -0.107. The van der Waals surface area contributed by atoms with Crippen molar-refractivity contribution < 1.29 is 4.79 Å². The monoisotopic (exact) mass is 158 g/mol. The minimum Gasteiger partial charge on any atom is -0.276 e. The van der Waals surface area contributed by atoms with Gasteiger partial charge in [-0.1, -0.05) is 31.6 Å². The van der Waals surface area contributed by atoms with Crippen molar-refractivity contribution in [1.82, 2.24) is 0 Å². The van der Waals surface area contributed by atoms with Gasteiger partial charge >= 0.3 is 0 Å². The molecule has 10 heavy (non-hydrogen) atoms. The van der Waals surface area contributed by atoms with Crippen LogP contribution in [0, 0.1) is 0 Å². The van der Waals surface area contributed by atoms with Crippen LogP contribution in [0.2, 0.25) is 0 Å². The molecule has 0 aliphatic heterocycles. The Kier molecular flexibility index (Phi) is 6.19. The Hall–Kier alpha value is -0.560. The first-order valence-corrected chi connectivity index (χ1v) is 3.68. The van der Waals surface area contributed by atoms with E-state index >= 15 is 0 Å². The molecule has 2 heteroatoms. The summed E-state index contributed by atoms with van der Waals surface area (Å²) in [6, 6.07) is 0. The third-order valence-electron chi connectivity index (χ3n) is 0.930. The van der Waals surface area contributed by atoms with E-state index in [0.29, 0.717) is 0 Å². The minimum atomic E-state index is -0.429. The van der Waals surface area contributed by atoms with Crippen LogP contribution < -0.4 is 0 Å². The van der Waals surface area contributed by atoms with Crippen LogP contribution >= 0.6 is 11.6 Å². The van der Waals surface area contributed by atoms with Crippen LogP contribution in [-0.4, -0.2) is 5.24 Å². The standard InChI is InChI=1S/C8H11ClO/c1-2-3-4-5-6-7-8(9)10/h4-7H,2-3H2,1H3/b5-4+,7-6+. The van der Waals surface area contributed by atoms with Crippen molar-refractivity contribution in [3.05, 3.63) is 24.3 Å².